The number of hydrogen-bond acceptors (Lipinski definition) is 3. The molecule has 0 atom stereocenters. The zero-order chi connectivity index (χ0) is 13.2. The van der Waals surface area contributed by atoms with Crippen LogP contribution in [-0.2, 0) is 6.54 Å². The summed E-state index contributed by atoms with van der Waals surface area (Å²) in [6.45, 7) is 0.471. The number of hydrogen-bond donors (Lipinski definition) is 1. The molecule has 0 aliphatic carbocycles. The summed E-state index contributed by atoms with van der Waals surface area (Å²) in [5.74, 6) is 0.0730. The lowest BCUT2D eigenvalue weighted by atomic mass is 10.2. The number of rotatable bonds is 2. The maximum absolute atomic E-state index is 12.3. The van der Waals surface area contributed by atoms with Crippen LogP contribution in [0.4, 0.5) is 0 Å². The minimum Gasteiger partial charge on any atom is -0.508 e. The molecule has 0 saturated carbocycles. The lowest BCUT2D eigenvalue weighted by Gasteiger charge is -2.06. The summed E-state index contributed by atoms with van der Waals surface area (Å²) in [5.41, 5.74) is 1.47. The van der Waals surface area contributed by atoms with E-state index in [-0.39, 0.29) is 11.3 Å². The first kappa shape index (κ1) is 11.5. The Labute approximate surface area is 109 Å². The Morgan fingerprint density at radius 1 is 1.11 bits per heavy atom. The summed E-state index contributed by atoms with van der Waals surface area (Å²) in [4.78, 5) is 16.5. The number of fused-ring (bicyclic) bond motifs is 1. The average Bonchev–Trinajstić information content (AvgIpc) is 2.44. The van der Waals surface area contributed by atoms with Gasteiger partial charge in [-0.15, -0.1) is 0 Å². The topological polar surface area (TPSA) is 55.1 Å². The first-order valence-corrected chi connectivity index (χ1v) is 5.96. The molecule has 0 saturated heterocycles. The van der Waals surface area contributed by atoms with Crippen molar-refractivity contribution in [2.45, 2.75) is 6.54 Å². The van der Waals surface area contributed by atoms with Gasteiger partial charge in [-0.2, -0.15) is 0 Å². The molecule has 4 heteroatoms. The molecule has 1 aromatic heterocycles. The molecular formula is C15H12N2O2. The highest BCUT2D eigenvalue weighted by atomic mass is 16.3. The minimum absolute atomic E-state index is 0.0730. The summed E-state index contributed by atoms with van der Waals surface area (Å²) >= 11 is 0. The molecule has 0 unspecified atom stereocenters. The number of phenolic OH excluding ortho intramolecular Hbond substituents is 1. The largest absolute Gasteiger partial charge is 0.508 e. The van der Waals surface area contributed by atoms with Crippen molar-refractivity contribution in [1.82, 2.24) is 9.55 Å². The van der Waals surface area contributed by atoms with Gasteiger partial charge in [0.05, 0.1) is 23.8 Å². The Balaban J connectivity index is 2.10. The lowest BCUT2D eigenvalue weighted by Crippen LogP contribution is -2.21. The Morgan fingerprint density at radius 3 is 2.68 bits per heavy atom. The third-order valence-corrected chi connectivity index (χ3v) is 3.00. The van der Waals surface area contributed by atoms with Gasteiger partial charge in [-0.1, -0.05) is 30.3 Å². The molecule has 0 spiro atoms. The molecule has 19 heavy (non-hydrogen) atoms. The van der Waals surface area contributed by atoms with Crippen LogP contribution >= 0.6 is 0 Å². The minimum atomic E-state index is -0.148. The van der Waals surface area contributed by atoms with E-state index in [1.54, 1.807) is 6.07 Å². The normalized spacial score (nSPS) is 10.7. The second-order valence-electron chi connectivity index (χ2n) is 4.36. The van der Waals surface area contributed by atoms with Gasteiger partial charge in [0.2, 0.25) is 0 Å². The molecule has 0 aliphatic heterocycles. The van der Waals surface area contributed by atoms with E-state index in [1.165, 1.54) is 23.0 Å². The van der Waals surface area contributed by atoms with Gasteiger partial charge in [0.1, 0.15) is 5.75 Å². The Bertz CT molecular complexity index is 779. The molecule has 94 valence electrons. The van der Waals surface area contributed by atoms with Crippen LogP contribution in [0.5, 0.6) is 5.75 Å². The van der Waals surface area contributed by atoms with Crippen molar-refractivity contribution < 1.29 is 5.11 Å². The molecule has 1 N–H and O–H groups in total. The van der Waals surface area contributed by atoms with Gasteiger partial charge in [-0.25, -0.2) is 4.98 Å². The molecule has 0 radical (unpaired) electrons. The van der Waals surface area contributed by atoms with Crippen LogP contribution in [0.25, 0.3) is 10.9 Å². The molecule has 0 fully saturated rings. The molecule has 4 nitrogen and oxygen atoms in total. The monoisotopic (exact) mass is 252 g/mol. The average molecular weight is 252 g/mol. The fourth-order valence-electron chi connectivity index (χ4n) is 2.04. The molecule has 0 bridgehead atoms. The molecule has 1 heterocycles. The Kier molecular flexibility index (Phi) is 2.76. The van der Waals surface area contributed by atoms with Crippen LogP contribution in [0.1, 0.15) is 5.56 Å². The molecule has 2 aromatic carbocycles. The van der Waals surface area contributed by atoms with Crippen LogP contribution in [-0.4, -0.2) is 14.7 Å². The van der Waals surface area contributed by atoms with Gasteiger partial charge >= 0.3 is 0 Å². The second-order valence-corrected chi connectivity index (χ2v) is 4.36. The number of aromatic hydroxyl groups is 1. The number of phenols is 1. The highest BCUT2D eigenvalue weighted by Crippen LogP contribution is 2.14. The fourth-order valence-corrected chi connectivity index (χ4v) is 2.04. The predicted octanol–water partition coefficient (Wildman–Crippen LogP) is 2.15. The van der Waals surface area contributed by atoms with Crippen LogP contribution < -0.4 is 5.56 Å². The standard InChI is InChI=1S/C15H12N2O2/c18-12-6-7-14-13(8-12)15(19)17(10-16-14)9-11-4-2-1-3-5-11/h1-8,10,18H,9H2. The van der Waals surface area contributed by atoms with Gasteiger partial charge in [-0.3, -0.25) is 9.36 Å². The molecule has 0 aliphatic rings. The van der Waals surface area contributed by atoms with E-state index < -0.39 is 0 Å². The van der Waals surface area contributed by atoms with Crippen molar-refractivity contribution in [2.24, 2.45) is 0 Å². The predicted molar refractivity (Wildman–Crippen MR) is 73.2 cm³/mol. The fraction of sp³-hybridized carbons (Fsp3) is 0.0667. The van der Waals surface area contributed by atoms with Crippen molar-refractivity contribution >= 4 is 10.9 Å². The van der Waals surface area contributed by atoms with E-state index in [9.17, 15) is 9.90 Å². The van der Waals surface area contributed by atoms with Gasteiger partial charge in [0, 0.05) is 0 Å². The molecule has 3 rings (SSSR count). The van der Waals surface area contributed by atoms with E-state index >= 15 is 0 Å². The molecular weight excluding hydrogens is 240 g/mol. The van der Waals surface area contributed by atoms with Crippen molar-refractivity contribution in [3.63, 3.8) is 0 Å². The highest BCUT2D eigenvalue weighted by molar-refractivity contribution is 5.78. The van der Waals surface area contributed by atoms with Gasteiger partial charge in [-0.05, 0) is 23.8 Å². The van der Waals surface area contributed by atoms with E-state index in [0.29, 0.717) is 17.4 Å². The summed E-state index contributed by atoms with van der Waals surface area (Å²) in [6, 6.07) is 14.3. The van der Waals surface area contributed by atoms with Crippen LogP contribution in [0.15, 0.2) is 59.7 Å². The first-order chi connectivity index (χ1) is 9.24. The summed E-state index contributed by atoms with van der Waals surface area (Å²) in [7, 11) is 0. The van der Waals surface area contributed by atoms with Gasteiger partial charge < -0.3 is 5.11 Å². The van der Waals surface area contributed by atoms with Crippen molar-refractivity contribution in [3.8, 4) is 5.75 Å². The number of nitrogens with zero attached hydrogens (tertiary/aromatic N) is 2. The Hall–Kier alpha value is -2.62. The van der Waals surface area contributed by atoms with Crippen LogP contribution in [0.3, 0.4) is 0 Å². The summed E-state index contributed by atoms with van der Waals surface area (Å²) < 4.78 is 1.54. The lowest BCUT2D eigenvalue weighted by molar-refractivity contribution is 0.476. The zero-order valence-electron chi connectivity index (χ0n) is 10.2. The van der Waals surface area contributed by atoms with Crippen LogP contribution in [0.2, 0.25) is 0 Å². The van der Waals surface area contributed by atoms with E-state index in [1.807, 2.05) is 30.3 Å². The summed E-state index contributed by atoms with van der Waals surface area (Å²) in [5, 5.41) is 9.89. The van der Waals surface area contributed by atoms with Gasteiger partial charge in [0.15, 0.2) is 0 Å². The number of benzene rings is 2. The quantitative estimate of drug-likeness (QED) is 0.760. The molecule has 0 amide bonds. The second kappa shape index (κ2) is 4.57. The van der Waals surface area contributed by atoms with Gasteiger partial charge in [0.25, 0.3) is 5.56 Å². The highest BCUT2D eigenvalue weighted by Gasteiger charge is 2.05. The maximum Gasteiger partial charge on any atom is 0.261 e. The van der Waals surface area contributed by atoms with Crippen molar-refractivity contribution in [3.05, 3.63) is 70.8 Å². The Morgan fingerprint density at radius 2 is 1.89 bits per heavy atom. The third-order valence-electron chi connectivity index (χ3n) is 3.00. The zero-order valence-corrected chi connectivity index (χ0v) is 10.2. The van der Waals surface area contributed by atoms with Crippen molar-refractivity contribution in [1.29, 1.82) is 0 Å². The van der Waals surface area contributed by atoms with E-state index in [2.05, 4.69) is 4.98 Å². The first-order valence-electron chi connectivity index (χ1n) is 5.96. The third kappa shape index (κ3) is 2.20. The van der Waals surface area contributed by atoms with E-state index in [0.717, 1.165) is 5.56 Å². The number of aromatic nitrogens is 2. The van der Waals surface area contributed by atoms with E-state index in [4.69, 9.17) is 0 Å². The maximum atomic E-state index is 12.3. The van der Waals surface area contributed by atoms with Crippen LogP contribution in [0, 0.1) is 0 Å². The SMILES string of the molecule is O=c1c2cc(O)ccc2ncn1Cc1ccccc1. The summed E-state index contributed by atoms with van der Waals surface area (Å²) in [6.07, 6.45) is 1.54. The van der Waals surface area contributed by atoms with Crippen molar-refractivity contribution in [2.75, 3.05) is 0 Å². The molecule has 3 aromatic rings. The smallest absolute Gasteiger partial charge is 0.261 e.